The van der Waals surface area contributed by atoms with Crippen molar-refractivity contribution in [1.29, 1.82) is 0 Å². The minimum Gasteiger partial charge on any atom is -0.384 e. The molecule has 112 valence electrons. The summed E-state index contributed by atoms with van der Waals surface area (Å²) in [5.41, 5.74) is 4.53. The molecule has 1 unspecified atom stereocenters. The lowest BCUT2D eigenvalue weighted by Gasteiger charge is -2.15. The molecule has 1 nitrogen and oxygen atoms in total. The summed E-state index contributed by atoms with van der Waals surface area (Å²) in [4.78, 5) is 0. The molecule has 0 amide bonds. The zero-order valence-corrected chi connectivity index (χ0v) is 13.5. The molecule has 0 aliphatic heterocycles. The molecule has 0 saturated carbocycles. The van der Waals surface area contributed by atoms with Gasteiger partial charge in [-0.25, -0.2) is 0 Å². The van der Waals surface area contributed by atoms with E-state index in [1.165, 1.54) is 11.1 Å². The standard InChI is InChI=1S/C20H26O/c1-14(2)12-16-6-5-7-19(13-16)20(21)18-10-8-17(9-11-18)15(3)4/h5-11,13-15,20-21H,12H2,1-4H3. The van der Waals surface area contributed by atoms with Crippen LogP contribution in [0, 0.1) is 5.92 Å². The second-order valence-electron chi connectivity index (χ2n) is 6.57. The van der Waals surface area contributed by atoms with Crippen molar-refractivity contribution in [3.05, 3.63) is 70.8 Å². The van der Waals surface area contributed by atoms with Crippen molar-refractivity contribution >= 4 is 0 Å². The first kappa shape index (κ1) is 15.8. The Morgan fingerprint density at radius 3 is 2.00 bits per heavy atom. The average molecular weight is 282 g/mol. The fourth-order valence-corrected chi connectivity index (χ4v) is 2.62. The normalized spacial score (nSPS) is 12.9. The summed E-state index contributed by atoms with van der Waals surface area (Å²) in [6, 6.07) is 16.6. The van der Waals surface area contributed by atoms with E-state index in [2.05, 4.69) is 52.0 Å². The summed E-state index contributed by atoms with van der Waals surface area (Å²) >= 11 is 0. The molecule has 0 spiro atoms. The lowest BCUT2D eigenvalue weighted by Crippen LogP contribution is -2.02. The summed E-state index contributed by atoms with van der Waals surface area (Å²) in [5, 5.41) is 10.6. The van der Waals surface area contributed by atoms with Gasteiger partial charge in [0.1, 0.15) is 6.10 Å². The van der Waals surface area contributed by atoms with Crippen LogP contribution in [0.4, 0.5) is 0 Å². The Labute approximate surface area is 128 Å². The Hall–Kier alpha value is -1.60. The van der Waals surface area contributed by atoms with E-state index in [0.29, 0.717) is 11.8 Å². The van der Waals surface area contributed by atoms with Crippen molar-refractivity contribution in [2.75, 3.05) is 0 Å². The third-order valence-electron chi connectivity index (χ3n) is 3.83. The highest BCUT2D eigenvalue weighted by Crippen LogP contribution is 2.25. The summed E-state index contributed by atoms with van der Waals surface area (Å²) in [6.45, 7) is 8.79. The Morgan fingerprint density at radius 2 is 1.43 bits per heavy atom. The number of aliphatic hydroxyl groups is 1. The Morgan fingerprint density at radius 1 is 0.810 bits per heavy atom. The molecule has 0 saturated heterocycles. The Bertz CT molecular complexity index is 567. The fraction of sp³-hybridized carbons (Fsp3) is 0.400. The van der Waals surface area contributed by atoms with Crippen molar-refractivity contribution in [2.45, 2.75) is 46.1 Å². The zero-order valence-electron chi connectivity index (χ0n) is 13.5. The highest BCUT2D eigenvalue weighted by atomic mass is 16.3. The predicted octanol–water partition coefficient (Wildman–Crippen LogP) is 5.09. The largest absolute Gasteiger partial charge is 0.384 e. The Kier molecular flexibility index (Phi) is 5.19. The Balaban J connectivity index is 2.20. The van der Waals surface area contributed by atoms with Crippen LogP contribution in [0.2, 0.25) is 0 Å². The van der Waals surface area contributed by atoms with E-state index in [-0.39, 0.29) is 0 Å². The molecule has 0 fully saturated rings. The second kappa shape index (κ2) is 6.91. The monoisotopic (exact) mass is 282 g/mol. The first-order valence-electron chi connectivity index (χ1n) is 7.84. The summed E-state index contributed by atoms with van der Waals surface area (Å²) in [6.07, 6.45) is 0.505. The third kappa shape index (κ3) is 4.18. The minimum atomic E-state index is -0.543. The van der Waals surface area contributed by atoms with Crippen LogP contribution in [-0.4, -0.2) is 5.11 Å². The van der Waals surface area contributed by atoms with Gasteiger partial charge < -0.3 is 5.11 Å². The van der Waals surface area contributed by atoms with Gasteiger partial charge in [-0.3, -0.25) is 0 Å². The first-order chi connectivity index (χ1) is 9.97. The number of rotatable bonds is 5. The molecule has 0 bridgehead atoms. The lowest BCUT2D eigenvalue weighted by atomic mass is 9.94. The van der Waals surface area contributed by atoms with E-state index >= 15 is 0 Å². The van der Waals surface area contributed by atoms with Crippen LogP contribution in [0.25, 0.3) is 0 Å². The zero-order chi connectivity index (χ0) is 15.4. The molecule has 1 atom stereocenters. The summed E-state index contributed by atoms with van der Waals surface area (Å²) in [7, 11) is 0. The average Bonchev–Trinajstić information content (AvgIpc) is 2.46. The van der Waals surface area contributed by atoms with Crippen molar-refractivity contribution in [1.82, 2.24) is 0 Å². The van der Waals surface area contributed by atoms with Gasteiger partial charge >= 0.3 is 0 Å². The van der Waals surface area contributed by atoms with Crippen LogP contribution in [0.5, 0.6) is 0 Å². The molecule has 0 aliphatic rings. The van der Waals surface area contributed by atoms with Crippen molar-refractivity contribution in [3.8, 4) is 0 Å². The van der Waals surface area contributed by atoms with E-state index in [9.17, 15) is 5.11 Å². The van der Waals surface area contributed by atoms with Crippen LogP contribution >= 0.6 is 0 Å². The van der Waals surface area contributed by atoms with E-state index in [1.54, 1.807) is 0 Å². The van der Waals surface area contributed by atoms with E-state index in [4.69, 9.17) is 0 Å². The molecule has 21 heavy (non-hydrogen) atoms. The van der Waals surface area contributed by atoms with Crippen LogP contribution in [0.3, 0.4) is 0 Å². The maximum atomic E-state index is 10.6. The second-order valence-corrected chi connectivity index (χ2v) is 6.57. The molecule has 2 rings (SSSR count). The predicted molar refractivity (Wildman–Crippen MR) is 89.6 cm³/mol. The molecule has 0 aromatic heterocycles. The molecular formula is C20H26O. The third-order valence-corrected chi connectivity index (χ3v) is 3.83. The molecule has 0 heterocycles. The number of hydrogen-bond donors (Lipinski definition) is 1. The van der Waals surface area contributed by atoms with Gasteiger partial charge in [-0.1, -0.05) is 76.2 Å². The minimum absolute atomic E-state index is 0.519. The highest BCUT2D eigenvalue weighted by Gasteiger charge is 2.11. The highest BCUT2D eigenvalue weighted by molar-refractivity contribution is 5.34. The topological polar surface area (TPSA) is 20.2 Å². The van der Waals surface area contributed by atoms with Gasteiger partial charge in [0.25, 0.3) is 0 Å². The van der Waals surface area contributed by atoms with Crippen LogP contribution in [0.1, 0.15) is 62.0 Å². The van der Waals surface area contributed by atoms with Crippen molar-refractivity contribution in [3.63, 3.8) is 0 Å². The van der Waals surface area contributed by atoms with E-state index in [0.717, 1.165) is 17.5 Å². The van der Waals surface area contributed by atoms with E-state index in [1.807, 2.05) is 24.3 Å². The van der Waals surface area contributed by atoms with Gasteiger partial charge in [0, 0.05) is 0 Å². The maximum absolute atomic E-state index is 10.6. The van der Waals surface area contributed by atoms with Crippen LogP contribution < -0.4 is 0 Å². The SMILES string of the molecule is CC(C)Cc1cccc(C(O)c2ccc(C(C)C)cc2)c1. The molecule has 1 heteroatoms. The van der Waals surface area contributed by atoms with Crippen LogP contribution in [-0.2, 0) is 6.42 Å². The van der Waals surface area contributed by atoms with Crippen LogP contribution in [0.15, 0.2) is 48.5 Å². The summed E-state index contributed by atoms with van der Waals surface area (Å²) in [5.74, 6) is 1.15. The first-order valence-corrected chi connectivity index (χ1v) is 7.84. The van der Waals surface area contributed by atoms with Gasteiger partial charge in [-0.15, -0.1) is 0 Å². The number of hydrogen-bond acceptors (Lipinski definition) is 1. The van der Waals surface area contributed by atoms with Crippen molar-refractivity contribution < 1.29 is 5.11 Å². The van der Waals surface area contributed by atoms with Gasteiger partial charge in [0.15, 0.2) is 0 Å². The maximum Gasteiger partial charge on any atom is 0.104 e. The van der Waals surface area contributed by atoms with Gasteiger partial charge in [0.05, 0.1) is 0 Å². The molecule has 2 aromatic carbocycles. The summed E-state index contributed by atoms with van der Waals surface area (Å²) < 4.78 is 0. The van der Waals surface area contributed by atoms with Gasteiger partial charge in [0.2, 0.25) is 0 Å². The molecule has 0 aliphatic carbocycles. The molecule has 2 aromatic rings. The number of benzene rings is 2. The number of aliphatic hydroxyl groups excluding tert-OH is 1. The smallest absolute Gasteiger partial charge is 0.104 e. The molecule has 0 radical (unpaired) electrons. The molecule has 1 N–H and O–H groups in total. The van der Waals surface area contributed by atoms with Crippen molar-refractivity contribution in [2.24, 2.45) is 5.92 Å². The quantitative estimate of drug-likeness (QED) is 0.810. The molecular weight excluding hydrogens is 256 g/mol. The lowest BCUT2D eigenvalue weighted by molar-refractivity contribution is 0.220. The fourth-order valence-electron chi connectivity index (χ4n) is 2.62. The van der Waals surface area contributed by atoms with Gasteiger partial charge in [-0.2, -0.15) is 0 Å². The van der Waals surface area contributed by atoms with E-state index < -0.39 is 6.10 Å². The van der Waals surface area contributed by atoms with Gasteiger partial charge in [-0.05, 0) is 40.5 Å².